The fourth-order valence-electron chi connectivity index (χ4n) is 1.86. The molecule has 13 heavy (non-hydrogen) atoms. The molecule has 1 atom stereocenters. The van der Waals surface area contributed by atoms with Crippen molar-refractivity contribution in [1.29, 1.82) is 0 Å². The van der Waals surface area contributed by atoms with Crippen LogP contribution in [0.2, 0.25) is 0 Å². The van der Waals surface area contributed by atoms with E-state index in [9.17, 15) is 9.46 Å². The van der Waals surface area contributed by atoms with Gasteiger partial charge in [-0.15, -0.1) is 0 Å². The summed E-state index contributed by atoms with van der Waals surface area (Å²) in [6, 6.07) is 0. The van der Waals surface area contributed by atoms with Crippen LogP contribution in [0.1, 0.15) is 34.6 Å². The van der Waals surface area contributed by atoms with E-state index in [-0.39, 0.29) is 0 Å². The zero-order valence-electron chi connectivity index (χ0n) is 8.80. The summed E-state index contributed by atoms with van der Waals surface area (Å²) in [7, 11) is -2.18. The van der Waals surface area contributed by atoms with Crippen LogP contribution in [0, 0.1) is 0 Å². The van der Waals surface area contributed by atoms with Crippen LogP contribution in [-0.2, 0) is 4.57 Å². The topological polar surface area (TPSA) is 37.3 Å². The summed E-state index contributed by atoms with van der Waals surface area (Å²) in [6.07, 6.45) is 0. The molecule has 0 aromatic carbocycles. The van der Waals surface area contributed by atoms with Crippen LogP contribution in [0.15, 0.2) is 22.3 Å². The fraction of sp³-hybridized carbons (Fsp3) is 0.600. The molecule has 0 aromatic heterocycles. The van der Waals surface area contributed by atoms with E-state index in [1.165, 1.54) is 0 Å². The first-order valence-electron chi connectivity index (χ1n) is 4.36. The second-order valence-corrected chi connectivity index (χ2v) is 5.29. The molecule has 0 aromatic rings. The molecule has 0 aliphatic heterocycles. The van der Waals surface area contributed by atoms with Crippen molar-refractivity contribution in [2.24, 2.45) is 0 Å². The van der Waals surface area contributed by atoms with Gasteiger partial charge in [0.1, 0.15) is 0 Å². The predicted octanol–water partition coefficient (Wildman–Crippen LogP) is 3.17. The number of allylic oxidation sites excluding steroid dienone is 4. The SMILES string of the molecule is CC1=C(C)C(C)([P+](=O)O)C(C)=C1C. The molecule has 0 saturated carbocycles. The summed E-state index contributed by atoms with van der Waals surface area (Å²) in [5.74, 6) is 0. The highest BCUT2D eigenvalue weighted by Crippen LogP contribution is 2.53. The standard InChI is InChI=1S/C10H15O2P/c1-6-7(2)9(4)10(5,8(6)3)13(11)12/h1-5H3/p+1. The lowest BCUT2D eigenvalue weighted by atomic mass is 9.98. The van der Waals surface area contributed by atoms with E-state index >= 15 is 0 Å². The summed E-state index contributed by atoms with van der Waals surface area (Å²) in [4.78, 5) is 9.33. The van der Waals surface area contributed by atoms with Gasteiger partial charge in [0.2, 0.25) is 5.16 Å². The monoisotopic (exact) mass is 199 g/mol. The second kappa shape index (κ2) is 3.04. The van der Waals surface area contributed by atoms with Gasteiger partial charge in [-0.05, 0) is 61.5 Å². The minimum Gasteiger partial charge on any atom is -0.160 e. The Bertz CT molecular complexity index is 313. The van der Waals surface area contributed by atoms with Crippen molar-refractivity contribution in [3.63, 3.8) is 0 Å². The Labute approximate surface area is 80.2 Å². The van der Waals surface area contributed by atoms with Gasteiger partial charge in [0.05, 0.1) is 0 Å². The van der Waals surface area contributed by atoms with Crippen molar-refractivity contribution < 1.29 is 9.46 Å². The quantitative estimate of drug-likeness (QED) is 0.658. The molecular weight excluding hydrogens is 183 g/mol. The zero-order chi connectivity index (χ0) is 10.4. The third kappa shape index (κ3) is 1.20. The number of hydrogen-bond donors (Lipinski definition) is 1. The summed E-state index contributed by atoms with van der Waals surface area (Å²) in [6.45, 7) is 9.75. The van der Waals surface area contributed by atoms with Crippen LogP contribution in [0.4, 0.5) is 0 Å². The van der Waals surface area contributed by atoms with Crippen molar-refractivity contribution in [2.45, 2.75) is 39.8 Å². The van der Waals surface area contributed by atoms with Gasteiger partial charge in [-0.2, -0.15) is 4.89 Å². The fourth-order valence-corrected chi connectivity index (χ4v) is 2.77. The maximum atomic E-state index is 11.3. The first-order valence-corrected chi connectivity index (χ1v) is 5.57. The largest absolute Gasteiger partial charge is 0.520 e. The molecule has 72 valence electrons. The molecule has 0 radical (unpaired) electrons. The smallest absolute Gasteiger partial charge is 0.160 e. The summed E-state index contributed by atoms with van der Waals surface area (Å²) >= 11 is 0. The van der Waals surface area contributed by atoms with E-state index in [4.69, 9.17) is 0 Å². The molecule has 3 heteroatoms. The molecule has 0 fully saturated rings. The van der Waals surface area contributed by atoms with Gasteiger partial charge in [0.15, 0.2) is 0 Å². The van der Waals surface area contributed by atoms with Crippen LogP contribution < -0.4 is 0 Å². The average Bonchev–Trinajstić information content (AvgIpc) is 2.22. The Kier molecular flexibility index (Phi) is 2.48. The summed E-state index contributed by atoms with van der Waals surface area (Å²) < 4.78 is 11.3. The number of hydrogen-bond acceptors (Lipinski definition) is 1. The molecule has 0 bridgehead atoms. The first kappa shape index (κ1) is 10.6. The Hall–Kier alpha value is -0.460. The third-order valence-corrected chi connectivity index (χ3v) is 4.97. The van der Waals surface area contributed by atoms with E-state index in [2.05, 4.69) is 0 Å². The lowest BCUT2D eigenvalue weighted by Crippen LogP contribution is -2.20. The average molecular weight is 199 g/mol. The molecule has 1 aliphatic rings. The molecule has 2 nitrogen and oxygen atoms in total. The normalized spacial score (nSPS) is 22.8. The Balaban J connectivity index is 3.39. The lowest BCUT2D eigenvalue weighted by Gasteiger charge is -2.13. The molecule has 0 heterocycles. The molecule has 1 N–H and O–H groups in total. The van der Waals surface area contributed by atoms with Gasteiger partial charge >= 0.3 is 8.03 Å². The Morgan fingerprint density at radius 2 is 1.38 bits per heavy atom. The Morgan fingerprint density at radius 3 is 1.54 bits per heavy atom. The zero-order valence-corrected chi connectivity index (χ0v) is 9.70. The van der Waals surface area contributed by atoms with Gasteiger partial charge in [0, 0.05) is 0 Å². The van der Waals surface area contributed by atoms with E-state index < -0.39 is 13.2 Å². The summed E-state index contributed by atoms with van der Waals surface area (Å²) in [5.41, 5.74) is 4.40. The minimum absolute atomic E-state index is 0.622. The predicted molar refractivity (Wildman–Crippen MR) is 55.0 cm³/mol. The maximum Gasteiger partial charge on any atom is 0.520 e. The van der Waals surface area contributed by atoms with Gasteiger partial charge < -0.3 is 0 Å². The van der Waals surface area contributed by atoms with Crippen molar-refractivity contribution in [1.82, 2.24) is 0 Å². The van der Waals surface area contributed by atoms with Crippen molar-refractivity contribution >= 4 is 8.03 Å². The second-order valence-electron chi connectivity index (χ2n) is 3.85. The highest BCUT2D eigenvalue weighted by atomic mass is 31.1. The van der Waals surface area contributed by atoms with Gasteiger partial charge in [0.25, 0.3) is 0 Å². The van der Waals surface area contributed by atoms with Gasteiger partial charge in [-0.3, -0.25) is 0 Å². The summed E-state index contributed by atoms with van der Waals surface area (Å²) in [5, 5.41) is -0.622. The molecular formula is C10H16O2P+. The van der Waals surface area contributed by atoms with E-state index in [0.29, 0.717) is 0 Å². The molecule has 0 amide bonds. The molecule has 1 unspecified atom stereocenters. The van der Waals surface area contributed by atoms with Crippen LogP contribution >= 0.6 is 8.03 Å². The van der Waals surface area contributed by atoms with Crippen LogP contribution in [-0.4, -0.2) is 10.0 Å². The van der Waals surface area contributed by atoms with Crippen molar-refractivity contribution in [3.05, 3.63) is 22.3 Å². The van der Waals surface area contributed by atoms with E-state index in [0.717, 1.165) is 22.3 Å². The first-order chi connectivity index (χ1) is 5.83. The van der Waals surface area contributed by atoms with Crippen molar-refractivity contribution in [2.75, 3.05) is 0 Å². The lowest BCUT2D eigenvalue weighted by molar-refractivity contribution is 0.482. The van der Waals surface area contributed by atoms with E-state index in [1.54, 1.807) is 0 Å². The van der Waals surface area contributed by atoms with Crippen molar-refractivity contribution in [3.8, 4) is 0 Å². The van der Waals surface area contributed by atoms with Crippen LogP contribution in [0.25, 0.3) is 0 Å². The van der Waals surface area contributed by atoms with Crippen LogP contribution in [0.5, 0.6) is 0 Å². The molecule has 1 aliphatic carbocycles. The van der Waals surface area contributed by atoms with Gasteiger partial charge in [-0.1, -0.05) is 0 Å². The van der Waals surface area contributed by atoms with Crippen LogP contribution in [0.3, 0.4) is 0 Å². The highest BCUT2D eigenvalue weighted by molar-refractivity contribution is 7.40. The van der Waals surface area contributed by atoms with E-state index in [1.807, 2.05) is 34.6 Å². The number of rotatable bonds is 1. The highest BCUT2D eigenvalue weighted by Gasteiger charge is 2.52. The third-order valence-electron chi connectivity index (χ3n) is 3.53. The Morgan fingerprint density at radius 1 is 1.08 bits per heavy atom. The molecule has 0 spiro atoms. The maximum absolute atomic E-state index is 11.3. The molecule has 1 rings (SSSR count). The molecule has 0 saturated heterocycles. The minimum atomic E-state index is -2.18. The van der Waals surface area contributed by atoms with Gasteiger partial charge in [-0.25, -0.2) is 0 Å².